The molecule has 0 spiro atoms. The molecule has 0 saturated heterocycles. The molecule has 130 valence electrons. The number of nitro groups is 1. The zero-order valence-electron chi connectivity index (χ0n) is 13.0. The average molecular weight is 416 g/mol. The minimum Gasteiger partial charge on any atom is -0.463 e. The van der Waals surface area contributed by atoms with Gasteiger partial charge in [0.25, 0.3) is 11.6 Å². The van der Waals surface area contributed by atoms with Crippen LogP contribution in [0.4, 0.5) is 5.69 Å². The Balaban J connectivity index is 1.85. The van der Waals surface area contributed by atoms with Crippen molar-refractivity contribution in [3.8, 4) is 0 Å². The van der Waals surface area contributed by atoms with Gasteiger partial charge in [-0.2, -0.15) is 5.10 Å². The number of carbonyl (C=O) groups is 1. The molecular weight excluding hydrogens is 406 g/mol. The Labute approximate surface area is 154 Å². The maximum Gasteiger partial charge on any atom is 0.271 e. The van der Waals surface area contributed by atoms with Crippen molar-refractivity contribution in [2.45, 2.75) is 0 Å². The first-order valence-corrected chi connectivity index (χ1v) is 8.04. The quantitative estimate of drug-likeness (QED) is 0.399. The van der Waals surface area contributed by atoms with Crippen molar-refractivity contribution < 1.29 is 14.1 Å². The number of nitrogens with one attached hydrogen (secondary N) is 1. The highest BCUT2D eigenvalue weighted by atomic mass is 79.9. The van der Waals surface area contributed by atoms with Gasteiger partial charge in [0, 0.05) is 22.2 Å². The van der Waals surface area contributed by atoms with Crippen molar-refractivity contribution >= 4 is 44.7 Å². The summed E-state index contributed by atoms with van der Waals surface area (Å²) in [6.07, 6.45) is 2.30. The Morgan fingerprint density at radius 2 is 2.08 bits per heavy atom. The van der Waals surface area contributed by atoms with Gasteiger partial charge in [-0.25, -0.2) is 5.43 Å². The zero-order valence-corrected chi connectivity index (χ0v) is 14.6. The number of nitro benzene ring substituents is 1. The SMILES string of the molecule is O=C(N/N=C/c1coc2ccc([N+](=O)[O-])cc2c1=O)c1cccc(Br)c1. The monoisotopic (exact) mass is 415 g/mol. The molecule has 0 aliphatic carbocycles. The van der Waals surface area contributed by atoms with Gasteiger partial charge in [0.05, 0.1) is 22.1 Å². The number of hydrogen-bond donors (Lipinski definition) is 1. The maximum absolute atomic E-state index is 12.4. The first kappa shape index (κ1) is 17.5. The Kier molecular flexibility index (Phi) is 4.90. The van der Waals surface area contributed by atoms with Gasteiger partial charge >= 0.3 is 0 Å². The first-order chi connectivity index (χ1) is 12.5. The van der Waals surface area contributed by atoms with Crippen LogP contribution < -0.4 is 10.9 Å². The number of nitrogens with zero attached hydrogens (tertiary/aromatic N) is 2. The fourth-order valence-electron chi connectivity index (χ4n) is 2.19. The third-order valence-electron chi connectivity index (χ3n) is 3.45. The maximum atomic E-state index is 12.4. The molecule has 1 aromatic heterocycles. The van der Waals surface area contributed by atoms with Crippen molar-refractivity contribution in [3.63, 3.8) is 0 Å². The zero-order chi connectivity index (χ0) is 18.7. The van der Waals surface area contributed by atoms with Gasteiger partial charge in [-0.15, -0.1) is 0 Å². The van der Waals surface area contributed by atoms with Gasteiger partial charge < -0.3 is 4.42 Å². The minimum atomic E-state index is -0.599. The summed E-state index contributed by atoms with van der Waals surface area (Å²) < 4.78 is 6.03. The van der Waals surface area contributed by atoms with Gasteiger partial charge in [-0.3, -0.25) is 19.7 Å². The Morgan fingerprint density at radius 1 is 1.27 bits per heavy atom. The fraction of sp³-hybridized carbons (Fsp3) is 0. The van der Waals surface area contributed by atoms with E-state index in [1.165, 1.54) is 18.4 Å². The van der Waals surface area contributed by atoms with Crippen LogP contribution in [0.25, 0.3) is 11.0 Å². The minimum absolute atomic E-state index is 0.0486. The molecule has 9 heteroatoms. The molecule has 26 heavy (non-hydrogen) atoms. The summed E-state index contributed by atoms with van der Waals surface area (Å²) >= 11 is 3.26. The van der Waals surface area contributed by atoms with E-state index in [2.05, 4.69) is 26.5 Å². The molecule has 3 rings (SSSR count). The van der Waals surface area contributed by atoms with Crippen LogP contribution in [-0.2, 0) is 0 Å². The predicted octanol–water partition coefficient (Wildman–Crippen LogP) is 3.23. The van der Waals surface area contributed by atoms with Crippen molar-refractivity contribution in [2.24, 2.45) is 5.10 Å². The molecule has 8 nitrogen and oxygen atoms in total. The number of rotatable bonds is 4. The molecular formula is C17H10BrN3O5. The molecule has 2 aromatic carbocycles. The van der Waals surface area contributed by atoms with Gasteiger partial charge in [-0.05, 0) is 24.3 Å². The Morgan fingerprint density at radius 3 is 2.81 bits per heavy atom. The summed E-state index contributed by atoms with van der Waals surface area (Å²) in [5, 5.41) is 14.6. The Hall–Kier alpha value is -3.33. The molecule has 1 heterocycles. The van der Waals surface area contributed by atoms with Crippen molar-refractivity contribution in [2.75, 3.05) is 0 Å². The van der Waals surface area contributed by atoms with Crippen molar-refractivity contribution in [3.05, 3.63) is 84.7 Å². The summed E-state index contributed by atoms with van der Waals surface area (Å²) in [5.74, 6) is -0.455. The molecule has 0 aliphatic heterocycles. The molecule has 1 N–H and O–H groups in total. The normalized spacial score (nSPS) is 11.0. The van der Waals surface area contributed by atoms with E-state index in [4.69, 9.17) is 4.42 Å². The van der Waals surface area contributed by atoms with Crippen molar-refractivity contribution in [1.29, 1.82) is 0 Å². The molecule has 0 saturated carbocycles. The molecule has 0 atom stereocenters. The fourth-order valence-corrected chi connectivity index (χ4v) is 2.59. The number of halogens is 1. The number of carbonyl (C=O) groups excluding carboxylic acids is 1. The van der Waals surface area contributed by atoms with Crippen LogP contribution in [0.2, 0.25) is 0 Å². The van der Waals surface area contributed by atoms with Crippen LogP contribution in [0.3, 0.4) is 0 Å². The van der Waals surface area contributed by atoms with Crippen LogP contribution in [-0.4, -0.2) is 17.0 Å². The van der Waals surface area contributed by atoms with E-state index in [1.807, 2.05) is 0 Å². The van der Waals surface area contributed by atoms with E-state index in [1.54, 1.807) is 24.3 Å². The highest BCUT2D eigenvalue weighted by Crippen LogP contribution is 2.18. The lowest BCUT2D eigenvalue weighted by Crippen LogP contribution is -2.18. The topological polar surface area (TPSA) is 115 Å². The van der Waals surface area contributed by atoms with Gasteiger partial charge in [0.1, 0.15) is 11.8 Å². The van der Waals surface area contributed by atoms with Gasteiger partial charge in [0.2, 0.25) is 5.43 Å². The van der Waals surface area contributed by atoms with Gasteiger partial charge in [-0.1, -0.05) is 22.0 Å². The second-order valence-electron chi connectivity index (χ2n) is 5.17. The number of benzene rings is 2. The average Bonchev–Trinajstić information content (AvgIpc) is 2.63. The second-order valence-corrected chi connectivity index (χ2v) is 6.08. The smallest absolute Gasteiger partial charge is 0.271 e. The summed E-state index contributed by atoms with van der Waals surface area (Å²) in [6, 6.07) is 10.4. The third kappa shape index (κ3) is 3.67. The standard InChI is InChI=1S/C17H10BrN3O5/c18-12-3-1-2-10(6-12)17(23)20-19-8-11-9-26-15-5-4-13(21(24)25)7-14(15)16(11)22/h1-9H,(H,20,23)/b19-8+. The molecule has 0 aliphatic rings. The molecule has 3 aromatic rings. The number of non-ortho nitro benzene ring substituents is 1. The van der Waals surface area contributed by atoms with Crippen LogP contribution in [0, 0.1) is 10.1 Å². The highest BCUT2D eigenvalue weighted by molar-refractivity contribution is 9.10. The summed E-state index contributed by atoms with van der Waals surface area (Å²) in [6.45, 7) is 0. The summed E-state index contributed by atoms with van der Waals surface area (Å²) in [7, 11) is 0. The third-order valence-corrected chi connectivity index (χ3v) is 3.94. The summed E-state index contributed by atoms with van der Waals surface area (Å²) in [5.41, 5.74) is 2.24. The van der Waals surface area contributed by atoms with Crippen LogP contribution in [0.1, 0.15) is 15.9 Å². The molecule has 0 radical (unpaired) electrons. The lowest BCUT2D eigenvalue weighted by molar-refractivity contribution is -0.384. The number of hydrazone groups is 1. The second kappa shape index (κ2) is 7.28. The van der Waals surface area contributed by atoms with Crippen LogP contribution in [0.5, 0.6) is 0 Å². The van der Waals surface area contributed by atoms with E-state index in [0.29, 0.717) is 5.56 Å². The Bertz CT molecular complexity index is 1110. The first-order valence-electron chi connectivity index (χ1n) is 7.24. The molecule has 0 unspecified atom stereocenters. The molecule has 0 bridgehead atoms. The molecule has 0 fully saturated rings. The number of hydrogen-bond acceptors (Lipinski definition) is 6. The van der Waals surface area contributed by atoms with E-state index >= 15 is 0 Å². The van der Waals surface area contributed by atoms with Crippen LogP contribution >= 0.6 is 15.9 Å². The van der Waals surface area contributed by atoms with Crippen LogP contribution in [0.15, 0.2) is 67.5 Å². The largest absolute Gasteiger partial charge is 0.463 e. The molecule has 1 amide bonds. The number of amides is 1. The van der Waals surface area contributed by atoms with E-state index in [9.17, 15) is 19.7 Å². The van der Waals surface area contributed by atoms with E-state index in [-0.39, 0.29) is 22.2 Å². The lowest BCUT2D eigenvalue weighted by atomic mass is 10.1. The lowest BCUT2D eigenvalue weighted by Gasteiger charge is -2.01. The van der Waals surface area contributed by atoms with E-state index < -0.39 is 16.3 Å². The predicted molar refractivity (Wildman–Crippen MR) is 98.3 cm³/mol. The van der Waals surface area contributed by atoms with E-state index in [0.717, 1.165) is 16.8 Å². The van der Waals surface area contributed by atoms with Gasteiger partial charge in [0.15, 0.2) is 0 Å². The highest BCUT2D eigenvalue weighted by Gasteiger charge is 2.12. The number of fused-ring (bicyclic) bond motifs is 1. The summed E-state index contributed by atoms with van der Waals surface area (Å²) in [4.78, 5) is 34.6. The van der Waals surface area contributed by atoms with Crippen molar-refractivity contribution in [1.82, 2.24) is 5.43 Å².